The standard InChI is InChI=1S/C19H17ClN2O/c20-19-4-2-1-3-18(19)16(14-21)13-15-5-7-17(8-6-15)22-9-11-23-12-10-22/h1-8,13H,9-12H2/b16-13-. The molecule has 1 heterocycles. The van der Waals surface area contributed by atoms with Gasteiger partial charge in [0.15, 0.2) is 0 Å². The van der Waals surface area contributed by atoms with E-state index in [-0.39, 0.29) is 0 Å². The van der Waals surface area contributed by atoms with Crippen molar-refractivity contribution in [3.05, 3.63) is 64.7 Å². The van der Waals surface area contributed by atoms with Crippen molar-refractivity contribution in [1.29, 1.82) is 5.26 Å². The Morgan fingerprint density at radius 2 is 1.78 bits per heavy atom. The molecule has 1 aliphatic rings. The number of ether oxygens (including phenoxy) is 1. The highest BCUT2D eigenvalue weighted by atomic mass is 35.5. The minimum atomic E-state index is 0.565. The molecule has 23 heavy (non-hydrogen) atoms. The number of nitriles is 1. The Hall–Kier alpha value is -2.28. The first kappa shape index (κ1) is 15.6. The van der Waals surface area contributed by atoms with Crippen molar-refractivity contribution in [3.8, 4) is 6.07 Å². The first-order valence-electron chi connectivity index (χ1n) is 7.57. The van der Waals surface area contributed by atoms with Crippen molar-refractivity contribution >= 4 is 28.9 Å². The molecule has 0 radical (unpaired) electrons. The highest BCUT2D eigenvalue weighted by Crippen LogP contribution is 2.26. The smallest absolute Gasteiger partial charge is 0.0998 e. The second-order valence-corrected chi connectivity index (χ2v) is 5.75. The summed E-state index contributed by atoms with van der Waals surface area (Å²) < 4.78 is 5.37. The lowest BCUT2D eigenvalue weighted by molar-refractivity contribution is 0.122. The van der Waals surface area contributed by atoms with E-state index < -0.39 is 0 Å². The molecule has 2 aromatic carbocycles. The fraction of sp³-hybridized carbons (Fsp3) is 0.211. The molecule has 0 aromatic heterocycles. The zero-order chi connectivity index (χ0) is 16.1. The minimum absolute atomic E-state index is 0.565. The van der Waals surface area contributed by atoms with E-state index in [9.17, 15) is 5.26 Å². The number of nitrogens with zero attached hydrogens (tertiary/aromatic N) is 2. The van der Waals surface area contributed by atoms with Gasteiger partial charge in [0.25, 0.3) is 0 Å². The molecular weight excluding hydrogens is 308 g/mol. The van der Waals surface area contributed by atoms with Crippen LogP contribution < -0.4 is 4.90 Å². The van der Waals surface area contributed by atoms with Crippen LogP contribution in [-0.4, -0.2) is 26.3 Å². The molecule has 0 spiro atoms. The van der Waals surface area contributed by atoms with Crippen molar-refractivity contribution in [1.82, 2.24) is 0 Å². The van der Waals surface area contributed by atoms with E-state index in [1.54, 1.807) is 6.07 Å². The van der Waals surface area contributed by atoms with Gasteiger partial charge in [-0.05, 0) is 29.8 Å². The fourth-order valence-corrected chi connectivity index (χ4v) is 2.86. The number of hydrogen-bond donors (Lipinski definition) is 0. The SMILES string of the molecule is N#C/C(=C/c1ccc(N2CCOCC2)cc1)c1ccccc1Cl. The van der Waals surface area contributed by atoms with E-state index in [4.69, 9.17) is 16.3 Å². The van der Waals surface area contributed by atoms with Crippen LogP contribution in [0.5, 0.6) is 0 Å². The summed E-state index contributed by atoms with van der Waals surface area (Å²) in [6.45, 7) is 3.37. The van der Waals surface area contributed by atoms with Gasteiger partial charge in [-0.1, -0.05) is 41.9 Å². The third-order valence-corrected chi connectivity index (χ3v) is 4.19. The minimum Gasteiger partial charge on any atom is -0.378 e. The molecule has 3 nitrogen and oxygen atoms in total. The van der Waals surface area contributed by atoms with Gasteiger partial charge in [0.05, 0.1) is 24.9 Å². The summed E-state index contributed by atoms with van der Waals surface area (Å²) in [7, 11) is 0. The number of hydrogen-bond acceptors (Lipinski definition) is 3. The predicted molar refractivity (Wildman–Crippen MR) is 94.4 cm³/mol. The lowest BCUT2D eigenvalue weighted by Gasteiger charge is -2.28. The van der Waals surface area contributed by atoms with Gasteiger partial charge in [0.2, 0.25) is 0 Å². The highest BCUT2D eigenvalue weighted by molar-refractivity contribution is 6.32. The van der Waals surface area contributed by atoms with E-state index in [1.807, 2.05) is 36.4 Å². The summed E-state index contributed by atoms with van der Waals surface area (Å²) in [5.41, 5.74) is 3.49. The van der Waals surface area contributed by atoms with Gasteiger partial charge in [0, 0.05) is 29.4 Å². The van der Waals surface area contributed by atoms with Gasteiger partial charge in [-0.3, -0.25) is 0 Å². The molecule has 0 aliphatic carbocycles. The first-order valence-corrected chi connectivity index (χ1v) is 7.95. The molecule has 2 aromatic rings. The topological polar surface area (TPSA) is 36.3 Å². The number of benzene rings is 2. The van der Waals surface area contributed by atoms with Crippen LogP contribution in [-0.2, 0) is 4.74 Å². The van der Waals surface area contributed by atoms with E-state index in [2.05, 4.69) is 23.1 Å². The van der Waals surface area contributed by atoms with Gasteiger partial charge in [-0.25, -0.2) is 0 Å². The van der Waals surface area contributed by atoms with Crippen molar-refractivity contribution in [2.24, 2.45) is 0 Å². The van der Waals surface area contributed by atoms with Crippen LogP contribution in [0.15, 0.2) is 48.5 Å². The molecule has 0 amide bonds. The molecule has 1 fully saturated rings. The summed E-state index contributed by atoms with van der Waals surface area (Å²) in [6.07, 6.45) is 1.87. The molecule has 0 bridgehead atoms. The van der Waals surface area contributed by atoms with E-state index >= 15 is 0 Å². The zero-order valence-corrected chi connectivity index (χ0v) is 13.5. The number of anilines is 1. The van der Waals surface area contributed by atoms with Crippen LogP contribution >= 0.6 is 11.6 Å². The fourth-order valence-electron chi connectivity index (χ4n) is 2.62. The summed E-state index contributed by atoms with van der Waals surface area (Å²) in [4.78, 5) is 2.30. The van der Waals surface area contributed by atoms with Crippen LogP contribution in [0.2, 0.25) is 5.02 Å². The maximum absolute atomic E-state index is 9.42. The van der Waals surface area contributed by atoms with E-state index in [1.165, 1.54) is 5.69 Å². The van der Waals surface area contributed by atoms with Crippen LogP contribution in [0.3, 0.4) is 0 Å². The van der Waals surface area contributed by atoms with Gasteiger partial charge in [-0.2, -0.15) is 5.26 Å². The Labute approximate surface area is 141 Å². The average Bonchev–Trinajstić information content (AvgIpc) is 2.62. The molecule has 3 rings (SSSR count). The van der Waals surface area contributed by atoms with Crippen LogP contribution in [0, 0.1) is 11.3 Å². The van der Waals surface area contributed by atoms with Crippen molar-refractivity contribution in [2.45, 2.75) is 0 Å². The summed E-state index contributed by atoms with van der Waals surface area (Å²) in [5, 5.41) is 10.0. The Kier molecular flexibility index (Phi) is 4.97. The Balaban J connectivity index is 1.84. The molecule has 0 atom stereocenters. The molecule has 0 saturated carbocycles. The first-order chi connectivity index (χ1) is 11.3. The van der Waals surface area contributed by atoms with Crippen molar-refractivity contribution in [3.63, 3.8) is 0 Å². The molecule has 1 saturated heterocycles. The number of halogens is 1. The van der Waals surface area contributed by atoms with Gasteiger partial charge >= 0.3 is 0 Å². The Morgan fingerprint density at radius 1 is 1.09 bits per heavy atom. The quantitative estimate of drug-likeness (QED) is 0.626. The zero-order valence-electron chi connectivity index (χ0n) is 12.7. The normalized spacial score (nSPS) is 15.3. The maximum Gasteiger partial charge on any atom is 0.0998 e. The summed E-state index contributed by atoms with van der Waals surface area (Å²) >= 11 is 6.18. The lowest BCUT2D eigenvalue weighted by Crippen LogP contribution is -2.36. The van der Waals surface area contributed by atoms with E-state index in [0.29, 0.717) is 10.6 Å². The second kappa shape index (κ2) is 7.32. The Bertz CT molecular complexity index is 741. The van der Waals surface area contributed by atoms with Crippen molar-refractivity contribution in [2.75, 3.05) is 31.2 Å². The van der Waals surface area contributed by atoms with Crippen LogP contribution in [0.4, 0.5) is 5.69 Å². The maximum atomic E-state index is 9.42. The van der Waals surface area contributed by atoms with Crippen molar-refractivity contribution < 1.29 is 4.74 Å². The molecule has 1 aliphatic heterocycles. The highest BCUT2D eigenvalue weighted by Gasteiger charge is 2.11. The lowest BCUT2D eigenvalue weighted by atomic mass is 10.0. The van der Waals surface area contributed by atoms with Crippen LogP contribution in [0.25, 0.3) is 11.6 Å². The predicted octanol–water partition coefficient (Wildman–Crippen LogP) is 4.24. The molecular formula is C19H17ClN2O. The Morgan fingerprint density at radius 3 is 2.43 bits per heavy atom. The second-order valence-electron chi connectivity index (χ2n) is 5.34. The van der Waals surface area contributed by atoms with Gasteiger partial charge in [-0.15, -0.1) is 0 Å². The molecule has 4 heteroatoms. The third-order valence-electron chi connectivity index (χ3n) is 3.86. The number of rotatable bonds is 3. The van der Waals surface area contributed by atoms with Crippen LogP contribution in [0.1, 0.15) is 11.1 Å². The number of allylic oxidation sites excluding steroid dienone is 1. The number of morpholine rings is 1. The van der Waals surface area contributed by atoms with Gasteiger partial charge < -0.3 is 9.64 Å². The monoisotopic (exact) mass is 324 g/mol. The average molecular weight is 325 g/mol. The molecule has 0 N–H and O–H groups in total. The largest absolute Gasteiger partial charge is 0.378 e. The van der Waals surface area contributed by atoms with Gasteiger partial charge in [0.1, 0.15) is 0 Å². The summed E-state index contributed by atoms with van der Waals surface area (Å²) in [6, 6.07) is 17.9. The van der Waals surface area contributed by atoms with E-state index in [0.717, 1.165) is 37.4 Å². The molecule has 0 unspecified atom stereocenters. The summed E-state index contributed by atoms with van der Waals surface area (Å²) in [5.74, 6) is 0. The third kappa shape index (κ3) is 3.73. The molecule has 116 valence electrons.